The van der Waals surface area contributed by atoms with Gasteiger partial charge in [0.2, 0.25) is 5.91 Å². The summed E-state index contributed by atoms with van der Waals surface area (Å²) in [6.45, 7) is 0. The van der Waals surface area contributed by atoms with Crippen molar-refractivity contribution in [2.45, 2.75) is 0 Å². The van der Waals surface area contributed by atoms with Crippen molar-refractivity contribution in [2.75, 3.05) is 11.5 Å². The van der Waals surface area contributed by atoms with Crippen molar-refractivity contribution < 1.29 is 4.79 Å². The van der Waals surface area contributed by atoms with E-state index in [1.54, 1.807) is 24.3 Å². The van der Waals surface area contributed by atoms with Gasteiger partial charge in [0.05, 0.1) is 11.4 Å². The van der Waals surface area contributed by atoms with E-state index < -0.39 is 5.91 Å². The van der Waals surface area contributed by atoms with Crippen LogP contribution in [0.25, 0.3) is 11.1 Å². The van der Waals surface area contributed by atoms with E-state index in [0.29, 0.717) is 16.9 Å². The summed E-state index contributed by atoms with van der Waals surface area (Å²) < 4.78 is 0. The first-order valence-corrected chi connectivity index (χ1v) is 5.13. The van der Waals surface area contributed by atoms with E-state index in [2.05, 4.69) is 0 Å². The van der Waals surface area contributed by atoms with E-state index in [-0.39, 0.29) is 0 Å². The fourth-order valence-corrected chi connectivity index (χ4v) is 1.58. The zero-order valence-electron chi connectivity index (χ0n) is 9.18. The van der Waals surface area contributed by atoms with Gasteiger partial charge >= 0.3 is 0 Å². The quantitative estimate of drug-likeness (QED) is 0.680. The van der Waals surface area contributed by atoms with E-state index in [1.165, 1.54) is 0 Å². The number of hydrogen-bond donors (Lipinski definition) is 3. The van der Waals surface area contributed by atoms with Crippen LogP contribution in [0.2, 0.25) is 0 Å². The zero-order valence-corrected chi connectivity index (χ0v) is 9.18. The van der Waals surface area contributed by atoms with E-state index in [9.17, 15) is 4.79 Å². The molecule has 0 spiro atoms. The monoisotopic (exact) mass is 227 g/mol. The van der Waals surface area contributed by atoms with Gasteiger partial charge in [-0.05, 0) is 35.4 Å². The summed E-state index contributed by atoms with van der Waals surface area (Å²) in [4.78, 5) is 10.9. The van der Waals surface area contributed by atoms with Crippen LogP contribution in [0, 0.1) is 0 Å². The van der Waals surface area contributed by atoms with Crippen molar-refractivity contribution in [3.63, 3.8) is 0 Å². The topological polar surface area (TPSA) is 95.1 Å². The fraction of sp³-hybridized carbons (Fsp3) is 0. The molecule has 17 heavy (non-hydrogen) atoms. The first-order chi connectivity index (χ1) is 8.08. The number of carbonyl (C=O) groups is 1. The number of rotatable bonds is 2. The molecule has 0 saturated carbocycles. The predicted octanol–water partition coefficient (Wildman–Crippen LogP) is 1.62. The molecule has 0 unspecified atom stereocenters. The summed E-state index contributed by atoms with van der Waals surface area (Å²) >= 11 is 0. The van der Waals surface area contributed by atoms with E-state index >= 15 is 0 Å². The number of nitrogen functional groups attached to an aromatic ring is 2. The Morgan fingerprint density at radius 2 is 1.41 bits per heavy atom. The largest absolute Gasteiger partial charge is 0.397 e. The third-order valence-corrected chi connectivity index (χ3v) is 2.59. The van der Waals surface area contributed by atoms with Gasteiger partial charge in [-0.25, -0.2) is 0 Å². The number of anilines is 2. The Kier molecular flexibility index (Phi) is 2.70. The highest BCUT2D eigenvalue weighted by Crippen LogP contribution is 2.25. The SMILES string of the molecule is NC(=O)c1ccc(-c2ccc(N)c(N)c2)cc1. The maximum atomic E-state index is 10.9. The van der Waals surface area contributed by atoms with Crippen LogP contribution in [0.1, 0.15) is 10.4 Å². The lowest BCUT2D eigenvalue weighted by Crippen LogP contribution is -2.10. The Labute approximate surface area is 99.0 Å². The smallest absolute Gasteiger partial charge is 0.248 e. The van der Waals surface area contributed by atoms with Crippen LogP contribution in [0.4, 0.5) is 11.4 Å². The van der Waals surface area contributed by atoms with E-state index in [0.717, 1.165) is 11.1 Å². The molecule has 0 aliphatic carbocycles. The summed E-state index contributed by atoms with van der Waals surface area (Å²) in [5, 5.41) is 0. The second-order valence-electron chi connectivity index (χ2n) is 3.79. The van der Waals surface area contributed by atoms with Crippen molar-refractivity contribution in [1.29, 1.82) is 0 Å². The van der Waals surface area contributed by atoms with Gasteiger partial charge in [-0.1, -0.05) is 18.2 Å². The van der Waals surface area contributed by atoms with Gasteiger partial charge < -0.3 is 17.2 Å². The molecule has 0 aromatic heterocycles. The number of benzene rings is 2. The highest BCUT2D eigenvalue weighted by molar-refractivity contribution is 5.93. The summed E-state index contributed by atoms with van der Waals surface area (Å²) in [6, 6.07) is 12.5. The van der Waals surface area contributed by atoms with Crippen LogP contribution in [-0.4, -0.2) is 5.91 Å². The zero-order chi connectivity index (χ0) is 12.4. The second-order valence-corrected chi connectivity index (χ2v) is 3.79. The molecule has 2 aromatic carbocycles. The fourth-order valence-electron chi connectivity index (χ4n) is 1.58. The highest BCUT2D eigenvalue weighted by atomic mass is 16.1. The van der Waals surface area contributed by atoms with Crippen LogP contribution < -0.4 is 17.2 Å². The van der Waals surface area contributed by atoms with E-state index in [1.807, 2.05) is 18.2 Å². The molecule has 0 radical (unpaired) electrons. The standard InChI is InChI=1S/C13H13N3O/c14-11-6-5-10(7-12(11)15)8-1-3-9(4-2-8)13(16)17/h1-7H,14-15H2,(H2,16,17). The lowest BCUT2D eigenvalue weighted by molar-refractivity contribution is 0.100. The Bertz CT molecular complexity index is 561. The maximum absolute atomic E-state index is 10.9. The molecule has 1 amide bonds. The number of nitrogens with two attached hydrogens (primary N) is 3. The van der Waals surface area contributed by atoms with Crippen molar-refractivity contribution >= 4 is 17.3 Å². The molecule has 0 bridgehead atoms. The second kappa shape index (κ2) is 4.17. The van der Waals surface area contributed by atoms with Crippen LogP contribution in [0.5, 0.6) is 0 Å². The van der Waals surface area contributed by atoms with Crippen LogP contribution in [0.3, 0.4) is 0 Å². The molecular formula is C13H13N3O. The average molecular weight is 227 g/mol. The van der Waals surface area contributed by atoms with Gasteiger partial charge in [-0.2, -0.15) is 0 Å². The molecule has 4 heteroatoms. The molecule has 0 heterocycles. The number of carbonyl (C=O) groups excluding carboxylic acids is 1. The summed E-state index contributed by atoms with van der Waals surface area (Å²) in [6.07, 6.45) is 0. The highest BCUT2D eigenvalue weighted by Gasteiger charge is 2.03. The maximum Gasteiger partial charge on any atom is 0.248 e. The van der Waals surface area contributed by atoms with Gasteiger partial charge in [0.1, 0.15) is 0 Å². The minimum atomic E-state index is -0.437. The average Bonchev–Trinajstić information content (AvgIpc) is 2.33. The van der Waals surface area contributed by atoms with Gasteiger partial charge in [-0.15, -0.1) is 0 Å². The minimum Gasteiger partial charge on any atom is -0.397 e. The third-order valence-electron chi connectivity index (χ3n) is 2.59. The van der Waals surface area contributed by atoms with Crippen molar-refractivity contribution in [1.82, 2.24) is 0 Å². The number of primary amides is 1. The van der Waals surface area contributed by atoms with Gasteiger partial charge in [-0.3, -0.25) is 4.79 Å². The Morgan fingerprint density at radius 3 is 1.94 bits per heavy atom. The first kappa shape index (κ1) is 11.0. The third kappa shape index (κ3) is 2.20. The molecule has 0 fully saturated rings. The number of amides is 1. The molecule has 6 N–H and O–H groups in total. The molecule has 0 atom stereocenters. The molecule has 4 nitrogen and oxygen atoms in total. The predicted molar refractivity (Wildman–Crippen MR) is 69.2 cm³/mol. The Balaban J connectivity index is 2.39. The Hall–Kier alpha value is -2.49. The lowest BCUT2D eigenvalue weighted by Gasteiger charge is -2.05. The van der Waals surface area contributed by atoms with Crippen molar-refractivity contribution in [3.05, 3.63) is 48.0 Å². The molecule has 86 valence electrons. The lowest BCUT2D eigenvalue weighted by atomic mass is 10.0. The molecule has 2 aromatic rings. The van der Waals surface area contributed by atoms with Gasteiger partial charge in [0.25, 0.3) is 0 Å². The van der Waals surface area contributed by atoms with Crippen molar-refractivity contribution in [2.24, 2.45) is 5.73 Å². The number of hydrogen-bond acceptors (Lipinski definition) is 3. The first-order valence-electron chi connectivity index (χ1n) is 5.13. The van der Waals surface area contributed by atoms with Crippen LogP contribution >= 0.6 is 0 Å². The molecule has 2 rings (SSSR count). The molecule has 0 saturated heterocycles. The van der Waals surface area contributed by atoms with Crippen LogP contribution in [0.15, 0.2) is 42.5 Å². The van der Waals surface area contributed by atoms with E-state index in [4.69, 9.17) is 17.2 Å². The molecule has 0 aliphatic rings. The van der Waals surface area contributed by atoms with Gasteiger partial charge in [0, 0.05) is 5.56 Å². The van der Waals surface area contributed by atoms with Crippen LogP contribution in [-0.2, 0) is 0 Å². The normalized spacial score (nSPS) is 10.1. The molecular weight excluding hydrogens is 214 g/mol. The molecule has 0 aliphatic heterocycles. The van der Waals surface area contributed by atoms with Gasteiger partial charge in [0.15, 0.2) is 0 Å². The summed E-state index contributed by atoms with van der Waals surface area (Å²) in [5.41, 5.74) is 20.0. The minimum absolute atomic E-state index is 0.437. The van der Waals surface area contributed by atoms with Crippen molar-refractivity contribution in [3.8, 4) is 11.1 Å². The Morgan fingerprint density at radius 1 is 0.824 bits per heavy atom. The summed E-state index contributed by atoms with van der Waals surface area (Å²) in [5.74, 6) is -0.437. The summed E-state index contributed by atoms with van der Waals surface area (Å²) in [7, 11) is 0.